The zero-order chi connectivity index (χ0) is 28.0. The van der Waals surface area contributed by atoms with Gasteiger partial charge in [0.15, 0.2) is 0 Å². The highest BCUT2D eigenvalue weighted by molar-refractivity contribution is 6.00. The van der Waals surface area contributed by atoms with Crippen molar-refractivity contribution in [2.45, 2.75) is 31.7 Å². The number of carbonyl (C=O) groups is 1. The molecule has 1 unspecified atom stereocenters. The maximum Gasteiger partial charge on any atom is 0.277 e. The second kappa shape index (κ2) is 9.92. The summed E-state index contributed by atoms with van der Waals surface area (Å²) >= 11 is 0. The number of nitrogens with zero attached hydrogens (tertiary/aromatic N) is 3. The van der Waals surface area contributed by atoms with Crippen molar-refractivity contribution in [1.29, 1.82) is 0 Å². The fraction of sp³-hybridized carbons (Fsp3) is 0.207. The van der Waals surface area contributed by atoms with Crippen molar-refractivity contribution in [2.75, 3.05) is 6.54 Å². The SMILES string of the molecule is O=C(c1c(O)cc(O)cc1O)N1CCCC1c1[nH]n(-c2nc3ccccc3[nH]2)c(=O)c1CCc1ccc(F)cc1. The predicted molar refractivity (Wildman–Crippen MR) is 144 cm³/mol. The summed E-state index contributed by atoms with van der Waals surface area (Å²) in [6, 6.07) is 14.9. The van der Waals surface area contributed by atoms with E-state index in [9.17, 15) is 29.3 Å². The van der Waals surface area contributed by atoms with Crippen LogP contribution in [0, 0.1) is 5.82 Å². The zero-order valence-electron chi connectivity index (χ0n) is 21.3. The van der Waals surface area contributed by atoms with Gasteiger partial charge in [-0.3, -0.25) is 14.7 Å². The Labute approximate surface area is 227 Å². The first kappa shape index (κ1) is 25.2. The molecular weight excluding hydrogens is 517 g/mol. The Morgan fingerprint density at radius 2 is 1.75 bits per heavy atom. The van der Waals surface area contributed by atoms with Gasteiger partial charge in [-0.2, -0.15) is 4.68 Å². The van der Waals surface area contributed by atoms with E-state index < -0.39 is 23.4 Å². The smallest absolute Gasteiger partial charge is 0.277 e. The molecule has 3 heterocycles. The van der Waals surface area contributed by atoms with E-state index in [1.165, 1.54) is 21.7 Å². The van der Waals surface area contributed by atoms with Gasteiger partial charge >= 0.3 is 0 Å². The van der Waals surface area contributed by atoms with E-state index in [0.717, 1.165) is 23.2 Å². The summed E-state index contributed by atoms with van der Waals surface area (Å²) in [6.45, 7) is 0.332. The maximum atomic E-state index is 13.8. The lowest BCUT2D eigenvalue weighted by Gasteiger charge is -2.25. The first-order chi connectivity index (χ1) is 19.3. The molecule has 2 aromatic heterocycles. The third-order valence-electron chi connectivity index (χ3n) is 7.33. The standard InChI is InChI=1S/C29H26FN5O5/c30-17-10-7-16(8-11-17)9-12-19-26(33-35(27(19)39)29-31-20-4-1-2-5-21(20)32-29)22-6-3-13-34(22)28(40)25-23(37)14-18(36)15-24(25)38/h1-2,4-5,7-8,10-11,14-15,22,33,36-38H,3,6,9,12-13H2,(H,31,32). The van der Waals surface area contributed by atoms with Gasteiger partial charge in [-0.05, 0) is 55.5 Å². The minimum atomic E-state index is -0.626. The van der Waals surface area contributed by atoms with E-state index in [4.69, 9.17) is 0 Å². The third-order valence-corrected chi connectivity index (χ3v) is 7.33. The highest BCUT2D eigenvalue weighted by atomic mass is 19.1. The summed E-state index contributed by atoms with van der Waals surface area (Å²) in [4.78, 5) is 36.6. The van der Waals surface area contributed by atoms with E-state index in [1.807, 2.05) is 24.3 Å². The number of imidazole rings is 1. The summed E-state index contributed by atoms with van der Waals surface area (Å²) in [5.41, 5.74) is 2.61. The van der Waals surface area contributed by atoms with Crippen molar-refractivity contribution in [3.8, 4) is 23.2 Å². The highest BCUT2D eigenvalue weighted by Crippen LogP contribution is 2.38. The lowest BCUT2D eigenvalue weighted by Crippen LogP contribution is -2.31. The summed E-state index contributed by atoms with van der Waals surface area (Å²) in [5.74, 6) is -2.14. The number of phenolic OH excluding ortho intramolecular Hbond substituents is 3. The van der Waals surface area contributed by atoms with Crippen LogP contribution < -0.4 is 5.56 Å². The monoisotopic (exact) mass is 543 g/mol. The molecular formula is C29H26FN5O5. The molecule has 5 aromatic rings. The van der Waals surface area contributed by atoms with E-state index >= 15 is 0 Å². The van der Waals surface area contributed by atoms with Crippen LogP contribution in [0.5, 0.6) is 17.2 Å². The molecule has 0 saturated carbocycles. The number of likely N-dealkylation sites (tertiary alicyclic amines) is 1. The molecule has 5 N–H and O–H groups in total. The van der Waals surface area contributed by atoms with Gasteiger partial charge in [-0.1, -0.05) is 24.3 Å². The number of hydrogen-bond acceptors (Lipinski definition) is 6. The van der Waals surface area contributed by atoms with Crippen molar-refractivity contribution in [3.05, 3.63) is 99.2 Å². The van der Waals surface area contributed by atoms with Gasteiger partial charge in [0.2, 0.25) is 5.95 Å². The number of aromatic amines is 2. The van der Waals surface area contributed by atoms with Crippen LogP contribution in [0.4, 0.5) is 4.39 Å². The van der Waals surface area contributed by atoms with Crippen molar-refractivity contribution in [2.24, 2.45) is 0 Å². The Hall–Kier alpha value is -5.06. The molecule has 0 bridgehead atoms. The van der Waals surface area contributed by atoms with Crippen molar-refractivity contribution in [3.63, 3.8) is 0 Å². The number of carbonyl (C=O) groups excluding carboxylic acids is 1. The molecule has 204 valence electrons. The molecule has 1 aliphatic rings. The number of rotatable bonds is 6. The summed E-state index contributed by atoms with van der Waals surface area (Å²) in [7, 11) is 0. The number of phenols is 3. The number of H-pyrrole nitrogens is 2. The lowest BCUT2D eigenvalue weighted by atomic mass is 10.00. The van der Waals surface area contributed by atoms with Gasteiger partial charge in [0.05, 0.1) is 22.8 Å². The molecule has 1 aliphatic heterocycles. The molecule has 1 saturated heterocycles. The average molecular weight is 544 g/mol. The number of amides is 1. The number of para-hydroxylation sites is 2. The Bertz CT molecular complexity index is 1730. The number of nitrogens with one attached hydrogen (secondary N) is 2. The molecule has 1 fully saturated rings. The summed E-state index contributed by atoms with van der Waals surface area (Å²) in [6.07, 6.45) is 1.94. The van der Waals surface area contributed by atoms with E-state index in [-0.39, 0.29) is 22.7 Å². The maximum absolute atomic E-state index is 13.8. The number of aromatic nitrogens is 4. The van der Waals surface area contributed by atoms with Crippen LogP contribution in [0.25, 0.3) is 17.0 Å². The molecule has 0 aliphatic carbocycles. The molecule has 3 aromatic carbocycles. The van der Waals surface area contributed by atoms with Crippen LogP contribution in [-0.2, 0) is 12.8 Å². The molecule has 0 radical (unpaired) electrons. The molecule has 1 atom stereocenters. The van der Waals surface area contributed by atoms with Crippen molar-refractivity contribution in [1.82, 2.24) is 24.6 Å². The Kier molecular flexibility index (Phi) is 6.25. The molecule has 1 amide bonds. The van der Waals surface area contributed by atoms with Crippen LogP contribution in [0.3, 0.4) is 0 Å². The first-order valence-corrected chi connectivity index (χ1v) is 12.9. The first-order valence-electron chi connectivity index (χ1n) is 12.9. The second-order valence-electron chi connectivity index (χ2n) is 9.86. The van der Waals surface area contributed by atoms with Crippen LogP contribution >= 0.6 is 0 Å². The number of fused-ring (bicyclic) bond motifs is 1. The number of benzene rings is 3. The van der Waals surface area contributed by atoms with E-state index in [1.54, 1.807) is 12.1 Å². The highest BCUT2D eigenvalue weighted by Gasteiger charge is 2.36. The lowest BCUT2D eigenvalue weighted by molar-refractivity contribution is 0.0726. The van der Waals surface area contributed by atoms with Gasteiger partial charge in [-0.25, -0.2) is 9.37 Å². The molecule has 40 heavy (non-hydrogen) atoms. The predicted octanol–water partition coefficient (Wildman–Crippen LogP) is 4.06. The number of aromatic hydroxyl groups is 3. The molecule has 10 nitrogen and oxygen atoms in total. The average Bonchev–Trinajstić information content (AvgIpc) is 3.64. The van der Waals surface area contributed by atoms with Crippen molar-refractivity contribution >= 4 is 16.9 Å². The van der Waals surface area contributed by atoms with Crippen LogP contribution in [0.1, 0.15) is 46.1 Å². The van der Waals surface area contributed by atoms with Gasteiger partial charge in [-0.15, -0.1) is 0 Å². The Morgan fingerprint density at radius 3 is 2.48 bits per heavy atom. The fourth-order valence-corrected chi connectivity index (χ4v) is 5.39. The van der Waals surface area contributed by atoms with E-state index in [2.05, 4.69) is 15.1 Å². The molecule has 11 heteroatoms. The van der Waals surface area contributed by atoms with Crippen LogP contribution in [-0.4, -0.2) is 52.4 Å². The minimum Gasteiger partial charge on any atom is -0.508 e. The normalized spacial score (nSPS) is 15.2. The number of aryl methyl sites for hydroxylation is 1. The number of hydrogen-bond donors (Lipinski definition) is 5. The second-order valence-corrected chi connectivity index (χ2v) is 9.86. The van der Waals surface area contributed by atoms with Crippen LogP contribution in [0.2, 0.25) is 0 Å². The quantitative estimate of drug-likeness (QED) is 0.218. The van der Waals surface area contributed by atoms with Gasteiger partial charge in [0.1, 0.15) is 28.6 Å². The largest absolute Gasteiger partial charge is 0.508 e. The third kappa shape index (κ3) is 4.45. The zero-order valence-corrected chi connectivity index (χ0v) is 21.3. The van der Waals surface area contributed by atoms with Crippen LogP contribution in [0.15, 0.2) is 65.5 Å². The van der Waals surface area contributed by atoms with Gasteiger partial charge in [0, 0.05) is 24.2 Å². The number of halogens is 1. The van der Waals surface area contributed by atoms with E-state index in [0.29, 0.717) is 55.0 Å². The van der Waals surface area contributed by atoms with Gasteiger partial charge in [0.25, 0.3) is 11.5 Å². The molecule has 6 rings (SSSR count). The van der Waals surface area contributed by atoms with Gasteiger partial charge < -0.3 is 25.2 Å². The summed E-state index contributed by atoms with van der Waals surface area (Å²) in [5, 5.41) is 33.5. The summed E-state index contributed by atoms with van der Waals surface area (Å²) < 4.78 is 14.8. The van der Waals surface area contributed by atoms with Crippen molar-refractivity contribution < 1.29 is 24.5 Å². The Balaban J connectivity index is 1.42. The Morgan fingerprint density at radius 1 is 1.02 bits per heavy atom. The molecule has 0 spiro atoms. The minimum absolute atomic E-state index is 0.296. The topological polar surface area (TPSA) is 147 Å². The fourth-order valence-electron chi connectivity index (χ4n) is 5.39.